The molecule has 0 spiro atoms. The number of hydrogen-bond donors (Lipinski definition) is 2. The molecule has 1 aromatic heterocycles. The predicted octanol–water partition coefficient (Wildman–Crippen LogP) is 3.54. The van der Waals surface area contributed by atoms with E-state index in [0.717, 1.165) is 12.1 Å². The van der Waals surface area contributed by atoms with Crippen LogP contribution in [-0.4, -0.2) is 16.5 Å². The summed E-state index contributed by atoms with van der Waals surface area (Å²) in [5, 5.41) is 5.49. The van der Waals surface area contributed by atoms with Gasteiger partial charge >= 0.3 is 0 Å². The molecule has 0 unspecified atom stereocenters. The Hall–Kier alpha value is -2.57. The number of aromatic nitrogens is 2. The van der Waals surface area contributed by atoms with Crippen molar-refractivity contribution in [3.05, 3.63) is 54.0 Å². The van der Waals surface area contributed by atoms with E-state index >= 15 is 0 Å². The average Bonchev–Trinajstić information content (AvgIpc) is 2.45. The number of nitrogens with one attached hydrogen (secondary N) is 2. The lowest BCUT2D eigenvalue weighted by atomic mass is 10.2. The van der Waals surface area contributed by atoms with Crippen molar-refractivity contribution in [2.75, 3.05) is 17.2 Å². The molecule has 7 heteroatoms. The molecule has 1 heterocycles. The van der Waals surface area contributed by atoms with Gasteiger partial charge in [0.1, 0.15) is 5.82 Å². The quantitative estimate of drug-likeness (QED) is 0.654. The van der Waals surface area contributed by atoms with E-state index in [0.29, 0.717) is 18.2 Å². The van der Waals surface area contributed by atoms with Gasteiger partial charge in [0.05, 0.1) is 5.69 Å². The highest BCUT2D eigenvalue weighted by Crippen LogP contribution is 2.23. The van der Waals surface area contributed by atoms with Crippen LogP contribution in [0.3, 0.4) is 0 Å². The van der Waals surface area contributed by atoms with E-state index in [4.69, 9.17) is 0 Å². The highest BCUT2D eigenvalue weighted by Gasteiger charge is 2.14. The van der Waals surface area contributed by atoms with E-state index in [1.54, 1.807) is 19.1 Å². The first kappa shape index (κ1) is 14.8. The van der Waals surface area contributed by atoms with Gasteiger partial charge in [-0.3, -0.25) is 0 Å². The van der Waals surface area contributed by atoms with Crippen LogP contribution in [0.5, 0.6) is 0 Å². The number of halogens is 3. The van der Waals surface area contributed by atoms with Crippen molar-refractivity contribution in [2.45, 2.75) is 6.92 Å². The maximum absolute atomic E-state index is 13.6. The van der Waals surface area contributed by atoms with Crippen molar-refractivity contribution < 1.29 is 13.2 Å². The highest BCUT2D eigenvalue weighted by molar-refractivity contribution is 5.58. The van der Waals surface area contributed by atoms with Crippen LogP contribution < -0.4 is 10.6 Å². The molecule has 0 amide bonds. The zero-order valence-electron chi connectivity index (χ0n) is 11.3. The van der Waals surface area contributed by atoms with Crippen molar-refractivity contribution in [1.29, 1.82) is 0 Å². The summed E-state index contributed by atoms with van der Waals surface area (Å²) < 4.78 is 39.7. The van der Waals surface area contributed by atoms with E-state index in [1.165, 1.54) is 0 Å². The molecule has 0 bridgehead atoms. The van der Waals surface area contributed by atoms with Crippen LogP contribution in [0.1, 0.15) is 5.69 Å². The summed E-state index contributed by atoms with van der Waals surface area (Å²) >= 11 is 0. The third-order valence-corrected chi connectivity index (χ3v) is 2.56. The van der Waals surface area contributed by atoms with Gasteiger partial charge in [0, 0.05) is 18.3 Å². The molecule has 0 fully saturated rings. The van der Waals surface area contributed by atoms with Gasteiger partial charge in [-0.15, -0.1) is 6.58 Å². The van der Waals surface area contributed by atoms with Gasteiger partial charge in [-0.25, -0.2) is 18.2 Å². The summed E-state index contributed by atoms with van der Waals surface area (Å²) in [5.41, 5.74) is 0.420. The van der Waals surface area contributed by atoms with Crippen LogP contribution in [0.2, 0.25) is 0 Å². The summed E-state index contributed by atoms with van der Waals surface area (Å²) in [7, 11) is 0. The molecule has 4 nitrogen and oxygen atoms in total. The first-order valence-corrected chi connectivity index (χ1v) is 6.12. The smallest absolute Gasteiger partial charge is 0.225 e. The first-order chi connectivity index (χ1) is 10.0. The van der Waals surface area contributed by atoms with E-state index in [9.17, 15) is 13.2 Å². The van der Waals surface area contributed by atoms with Crippen molar-refractivity contribution in [3.63, 3.8) is 0 Å². The Morgan fingerprint density at radius 1 is 1.19 bits per heavy atom. The van der Waals surface area contributed by atoms with E-state index < -0.39 is 17.5 Å². The molecular weight excluding hydrogens is 281 g/mol. The van der Waals surface area contributed by atoms with Crippen molar-refractivity contribution in [2.24, 2.45) is 0 Å². The van der Waals surface area contributed by atoms with Crippen LogP contribution in [-0.2, 0) is 0 Å². The molecule has 21 heavy (non-hydrogen) atoms. The number of anilines is 3. The first-order valence-electron chi connectivity index (χ1n) is 6.12. The summed E-state index contributed by atoms with van der Waals surface area (Å²) in [5.74, 6) is -3.49. The van der Waals surface area contributed by atoms with E-state index in [-0.39, 0.29) is 11.5 Å². The fourth-order valence-electron chi connectivity index (χ4n) is 1.64. The second kappa shape index (κ2) is 6.25. The molecule has 1 aromatic carbocycles. The van der Waals surface area contributed by atoms with Crippen LogP contribution in [0.4, 0.5) is 30.6 Å². The Labute approximate surface area is 119 Å². The molecule has 0 aliphatic heterocycles. The molecule has 2 aromatic rings. The van der Waals surface area contributed by atoms with Gasteiger partial charge in [-0.2, -0.15) is 4.98 Å². The molecular formula is C14H13F3N4. The standard InChI is InChI=1S/C14H13F3N4/c1-3-6-18-14-19-8(2)7-11(21-14)20-10-5-4-9(15)12(16)13(10)17/h3-5,7H,1,6H2,2H3,(H2,18,19,20,21). The normalized spacial score (nSPS) is 10.3. The topological polar surface area (TPSA) is 49.8 Å². The van der Waals surface area contributed by atoms with E-state index in [1.807, 2.05) is 0 Å². The lowest BCUT2D eigenvalue weighted by Crippen LogP contribution is -2.07. The maximum atomic E-state index is 13.6. The number of benzene rings is 1. The molecule has 0 atom stereocenters. The lowest BCUT2D eigenvalue weighted by molar-refractivity contribution is 0.449. The number of nitrogens with zero attached hydrogens (tertiary/aromatic N) is 2. The average molecular weight is 294 g/mol. The lowest BCUT2D eigenvalue weighted by Gasteiger charge is -2.10. The monoisotopic (exact) mass is 294 g/mol. The Kier molecular flexibility index (Phi) is 4.42. The minimum Gasteiger partial charge on any atom is -0.351 e. The van der Waals surface area contributed by atoms with Gasteiger partial charge in [0.2, 0.25) is 5.95 Å². The zero-order valence-corrected chi connectivity index (χ0v) is 11.3. The molecule has 0 aliphatic rings. The fraction of sp³-hybridized carbons (Fsp3) is 0.143. The van der Waals surface area contributed by atoms with Crippen LogP contribution >= 0.6 is 0 Å². The number of rotatable bonds is 5. The van der Waals surface area contributed by atoms with Gasteiger partial charge in [0.25, 0.3) is 0 Å². The van der Waals surface area contributed by atoms with Crippen molar-refractivity contribution in [1.82, 2.24) is 9.97 Å². The molecule has 110 valence electrons. The largest absolute Gasteiger partial charge is 0.351 e. The van der Waals surface area contributed by atoms with Crippen molar-refractivity contribution in [3.8, 4) is 0 Å². The zero-order chi connectivity index (χ0) is 15.4. The van der Waals surface area contributed by atoms with Crippen LogP contribution in [0.15, 0.2) is 30.9 Å². The van der Waals surface area contributed by atoms with Crippen LogP contribution in [0, 0.1) is 24.4 Å². The predicted molar refractivity (Wildman–Crippen MR) is 75.1 cm³/mol. The summed E-state index contributed by atoms with van der Waals surface area (Å²) in [6.45, 7) is 5.75. The fourth-order valence-corrected chi connectivity index (χ4v) is 1.64. The molecule has 2 N–H and O–H groups in total. The molecule has 0 aliphatic carbocycles. The third-order valence-electron chi connectivity index (χ3n) is 2.56. The van der Waals surface area contributed by atoms with Crippen molar-refractivity contribution >= 4 is 17.5 Å². The minimum atomic E-state index is -1.53. The third kappa shape index (κ3) is 3.50. The highest BCUT2D eigenvalue weighted by atomic mass is 19.2. The second-order valence-corrected chi connectivity index (χ2v) is 4.24. The number of aryl methyl sites for hydroxylation is 1. The second-order valence-electron chi connectivity index (χ2n) is 4.24. The Morgan fingerprint density at radius 3 is 2.67 bits per heavy atom. The Bertz CT molecular complexity index is 674. The number of hydrogen-bond acceptors (Lipinski definition) is 4. The Balaban J connectivity index is 2.29. The molecule has 2 rings (SSSR count). The van der Waals surface area contributed by atoms with Gasteiger partial charge in [0.15, 0.2) is 17.5 Å². The Morgan fingerprint density at radius 2 is 1.95 bits per heavy atom. The molecule has 0 saturated carbocycles. The molecule has 0 saturated heterocycles. The van der Waals surface area contributed by atoms with Gasteiger partial charge in [-0.05, 0) is 19.1 Å². The summed E-state index contributed by atoms with van der Waals surface area (Å²) in [6, 6.07) is 3.49. The summed E-state index contributed by atoms with van der Waals surface area (Å²) in [6.07, 6.45) is 1.63. The van der Waals surface area contributed by atoms with Gasteiger partial charge < -0.3 is 10.6 Å². The van der Waals surface area contributed by atoms with E-state index in [2.05, 4.69) is 27.2 Å². The van der Waals surface area contributed by atoms with Crippen LogP contribution in [0.25, 0.3) is 0 Å². The maximum Gasteiger partial charge on any atom is 0.225 e. The minimum absolute atomic E-state index is 0.207. The SMILES string of the molecule is C=CCNc1nc(C)cc(Nc2ccc(F)c(F)c2F)n1. The summed E-state index contributed by atoms with van der Waals surface area (Å²) in [4.78, 5) is 8.22. The molecule has 0 radical (unpaired) electrons. The van der Waals surface area contributed by atoms with Gasteiger partial charge in [-0.1, -0.05) is 6.08 Å².